The molecule has 3 heteroatoms. The van der Waals surface area contributed by atoms with Crippen LogP contribution in [0.4, 0.5) is 5.82 Å². The first-order valence-electron chi connectivity index (χ1n) is 2.72. The van der Waals surface area contributed by atoms with Crippen molar-refractivity contribution in [1.82, 2.24) is 4.98 Å². The zero-order valence-corrected chi connectivity index (χ0v) is 7.68. The van der Waals surface area contributed by atoms with Crippen LogP contribution in [0.25, 0.3) is 0 Å². The molecule has 0 aliphatic rings. The normalized spacial score (nSPS) is 9.11. The van der Waals surface area contributed by atoms with Gasteiger partial charge in [0.1, 0.15) is 0 Å². The molecule has 9 heavy (non-hydrogen) atoms. The van der Waals surface area contributed by atoms with Crippen LogP contribution in [0, 0.1) is 0 Å². The number of rotatable bonds is 1. The predicted molar refractivity (Wildman–Crippen MR) is 42.0 cm³/mol. The zero-order valence-electron chi connectivity index (χ0n) is 5.26. The third-order valence-electron chi connectivity index (χ3n) is 1.04. The molecule has 0 aliphatic carbocycles. The van der Waals surface area contributed by atoms with Gasteiger partial charge >= 0.3 is 62.7 Å². The first kappa shape index (κ1) is 6.63. The Morgan fingerprint density at radius 1 is 1.56 bits per heavy atom. The molecule has 0 saturated carbocycles. The van der Waals surface area contributed by atoms with Crippen molar-refractivity contribution < 1.29 is 0 Å². The number of nitrogens with zero attached hydrogens (tertiary/aromatic N) is 1. The summed E-state index contributed by atoms with van der Waals surface area (Å²) >= 11 is 1.60. The van der Waals surface area contributed by atoms with Crippen molar-refractivity contribution in [3.63, 3.8) is 0 Å². The van der Waals surface area contributed by atoms with Gasteiger partial charge in [0.25, 0.3) is 0 Å². The van der Waals surface area contributed by atoms with Crippen LogP contribution in [-0.4, -0.2) is 28.9 Å². The Morgan fingerprint density at radius 3 is 2.78 bits per heavy atom. The van der Waals surface area contributed by atoms with E-state index in [4.69, 9.17) is 0 Å². The van der Waals surface area contributed by atoms with Crippen LogP contribution >= 0.6 is 0 Å². The fourth-order valence-electron chi connectivity index (χ4n) is 0.553. The van der Waals surface area contributed by atoms with E-state index in [0.29, 0.717) is 0 Å². The summed E-state index contributed by atoms with van der Waals surface area (Å²) in [5.41, 5.74) is 0. The van der Waals surface area contributed by atoms with Gasteiger partial charge in [0.15, 0.2) is 0 Å². The molecule has 1 heterocycles. The van der Waals surface area contributed by atoms with Crippen molar-refractivity contribution >= 4 is 27.0 Å². The Morgan fingerprint density at radius 2 is 2.33 bits per heavy atom. The van der Waals surface area contributed by atoms with Crippen molar-refractivity contribution in [2.75, 3.05) is 12.4 Å². The van der Waals surface area contributed by atoms with Crippen molar-refractivity contribution in [3.05, 3.63) is 18.3 Å². The minimum absolute atomic E-state index is 0.927. The fraction of sp³-hybridized carbons (Fsp3) is 0.167. The third-order valence-corrected chi connectivity index (χ3v) is 1.76. The number of hydrogen-bond acceptors (Lipinski definition) is 2. The molecule has 1 unspecified atom stereocenters. The summed E-state index contributed by atoms with van der Waals surface area (Å²) in [7, 11) is 1.86. The average Bonchev–Trinajstić information content (AvgIpc) is 1.90. The van der Waals surface area contributed by atoms with E-state index in [-0.39, 0.29) is 0 Å². The molecule has 0 amide bonds. The number of pyridine rings is 1. The maximum absolute atomic E-state index is 4.10. The van der Waals surface area contributed by atoms with Crippen LogP contribution in [0.3, 0.4) is 0 Å². The second-order valence-electron chi connectivity index (χ2n) is 1.73. The van der Waals surface area contributed by atoms with Gasteiger partial charge in [0.05, 0.1) is 0 Å². The molecule has 0 fully saturated rings. The van der Waals surface area contributed by atoms with E-state index in [0.717, 1.165) is 5.82 Å². The second kappa shape index (κ2) is 2.88. The topological polar surface area (TPSA) is 24.9 Å². The van der Waals surface area contributed by atoms with Gasteiger partial charge in [-0.25, -0.2) is 0 Å². The summed E-state index contributed by atoms with van der Waals surface area (Å²) in [5.74, 6) is 0.927. The number of hydrogen-bond donors (Lipinski definition) is 1. The predicted octanol–water partition coefficient (Wildman–Crippen LogP) is -0.618. The van der Waals surface area contributed by atoms with Gasteiger partial charge in [0, 0.05) is 0 Å². The van der Waals surface area contributed by atoms with Crippen LogP contribution in [0.2, 0.25) is 0 Å². The molecule has 0 radical (unpaired) electrons. The molecule has 0 spiro atoms. The standard InChI is InChI=1S/C6H9AsN2/c1-8-6-3-2-5(7)4-9-6/h2-4H,7H2,1H3,(H,8,9). The van der Waals surface area contributed by atoms with Gasteiger partial charge in [-0.3, -0.25) is 0 Å². The van der Waals surface area contributed by atoms with Crippen LogP contribution in [0.5, 0.6) is 0 Å². The first-order valence-corrected chi connectivity index (χ1v) is 3.93. The van der Waals surface area contributed by atoms with Crippen molar-refractivity contribution in [2.24, 2.45) is 0 Å². The molecule has 2 nitrogen and oxygen atoms in total. The molecule has 0 aliphatic heterocycles. The summed E-state index contributed by atoms with van der Waals surface area (Å²) in [6.07, 6.45) is 1.87. The molecule has 1 rings (SSSR count). The molecule has 1 aromatic rings. The molecular weight excluding hydrogens is 175 g/mol. The van der Waals surface area contributed by atoms with E-state index >= 15 is 0 Å². The Bertz CT molecular complexity index is 183. The Kier molecular flexibility index (Phi) is 2.12. The van der Waals surface area contributed by atoms with E-state index in [1.54, 1.807) is 16.9 Å². The van der Waals surface area contributed by atoms with Gasteiger partial charge in [-0.2, -0.15) is 0 Å². The van der Waals surface area contributed by atoms with Crippen LogP contribution in [0.1, 0.15) is 0 Å². The average molecular weight is 184 g/mol. The molecule has 1 N–H and O–H groups in total. The summed E-state index contributed by atoms with van der Waals surface area (Å²) in [4.78, 5) is 4.10. The van der Waals surface area contributed by atoms with E-state index in [9.17, 15) is 0 Å². The summed E-state index contributed by atoms with van der Waals surface area (Å²) in [6.45, 7) is 0. The van der Waals surface area contributed by atoms with E-state index < -0.39 is 0 Å². The monoisotopic (exact) mass is 184 g/mol. The quantitative estimate of drug-likeness (QED) is 0.588. The maximum atomic E-state index is 4.10. The minimum atomic E-state index is 0.927. The Balaban J connectivity index is 2.88. The van der Waals surface area contributed by atoms with Crippen molar-refractivity contribution in [3.8, 4) is 0 Å². The van der Waals surface area contributed by atoms with Gasteiger partial charge in [-0.05, 0) is 0 Å². The van der Waals surface area contributed by atoms with Crippen molar-refractivity contribution in [2.45, 2.75) is 0 Å². The Hall–Kier alpha value is -0.492. The van der Waals surface area contributed by atoms with Crippen LogP contribution < -0.4 is 9.67 Å². The summed E-state index contributed by atoms with van der Waals surface area (Å²) < 4.78 is 1.25. The number of anilines is 1. The molecule has 1 atom stereocenters. The zero-order chi connectivity index (χ0) is 6.69. The van der Waals surface area contributed by atoms with Crippen molar-refractivity contribution in [1.29, 1.82) is 0 Å². The molecule has 0 saturated heterocycles. The SMILES string of the molecule is CNc1ccc([AsH2])cn1. The van der Waals surface area contributed by atoms with E-state index in [1.165, 1.54) is 4.35 Å². The molecular formula is C6H9AsN2. The summed E-state index contributed by atoms with van der Waals surface area (Å²) in [6, 6.07) is 4.02. The fourth-order valence-corrected chi connectivity index (χ4v) is 0.911. The van der Waals surface area contributed by atoms with Gasteiger partial charge in [-0.15, -0.1) is 0 Å². The second-order valence-corrected chi connectivity index (χ2v) is 3.13. The molecule has 1 aromatic heterocycles. The summed E-state index contributed by atoms with van der Waals surface area (Å²) in [5, 5.41) is 2.95. The van der Waals surface area contributed by atoms with Crippen LogP contribution in [0.15, 0.2) is 18.3 Å². The van der Waals surface area contributed by atoms with E-state index in [1.807, 2.05) is 19.3 Å². The number of aromatic nitrogens is 1. The third kappa shape index (κ3) is 1.72. The van der Waals surface area contributed by atoms with Crippen LogP contribution in [-0.2, 0) is 0 Å². The Labute approximate surface area is 63.2 Å². The molecule has 0 bridgehead atoms. The van der Waals surface area contributed by atoms with Gasteiger partial charge in [0.2, 0.25) is 0 Å². The molecule has 48 valence electrons. The van der Waals surface area contributed by atoms with Gasteiger partial charge < -0.3 is 0 Å². The number of nitrogens with one attached hydrogen (secondary N) is 1. The van der Waals surface area contributed by atoms with E-state index in [2.05, 4.69) is 16.4 Å². The first-order chi connectivity index (χ1) is 4.33. The van der Waals surface area contributed by atoms with Gasteiger partial charge in [-0.1, -0.05) is 0 Å². The molecule has 0 aromatic carbocycles.